The number of hydrogen-bond donors (Lipinski definition) is 2. The Bertz CT molecular complexity index is 1010. The second-order valence-electron chi connectivity index (χ2n) is 5.28. The van der Waals surface area contributed by atoms with Gasteiger partial charge in [0.15, 0.2) is 4.96 Å². The number of rotatable bonds is 4. The molecule has 2 aromatic heterocycles. The first-order valence-corrected chi connectivity index (χ1v) is 8.05. The number of fused-ring (bicyclic) bond motifs is 1. The molecule has 0 unspecified atom stereocenters. The fourth-order valence-electron chi connectivity index (χ4n) is 2.40. The van der Waals surface area contributed by atoms with E-state index < -0.39 is 4.92 Å². The molecular weight excluding hydrogens is 342 g/mol. The molecule has 128 valence electrons. The van der Waals surface area contributed by atoms with Gasteiger partial charge >= 0.3 is 0 Å². The van der Waals surface area contributed by atoms with Crippen LogP contribution in [0.4, 0.5) is 5.69 Å². The Morgan fingerprint density at radius 3 is 2.60 bits per heavy atom. The fourth-order valence-corrected chi connectivity index (χ4v) is 3.37. The second-order valence-corrected chi connectivity index (χ2v) is 6.46. The molecule has 1 aromatic carbocycles. The predicted octanol–water partition coefficient (Wildman–Crippen LogP) is 2.20. The SMILES string of the molecule is Cc1sc2nc(-c3ccc([N+](=O)[O-])cc3)c(/C=N/N=C(N)N)n2c1C. The molecule has 0 bridgehead atoms. The molecule has 9 nitrogen and oxygen atoms in total. The number of nitro groups is 1. The highest BCUT2D eigenvalue weighted by molar-refractivity contribution is 7.17. The lowest BCUT2D eigenvalue weighted by Crippen LogP contribution is -2.21. The molecule has 25 heavy (non-hydrogen) atoms. The maximum absolute atomic E-state index is 10.8. The third-order valence-electron chi connectivity index (χ3n) is 3.68. The third-order valence-corrected chi connectivity index (χ3v) is 4.73. The minimum absolute atomic E-state index is 0.0209. The molecule has 0 aliphatic heterocycles. The van der Waals surface area contributed by atoms with Crippen LogP contribution in [0.25, 0.3) is 16.2 Å². The molecule has 3 aromatic rings. The lowest BCUT2D eigenvalue weighted by atomic mass is 10.1. The highest BCUT2D eigenvalue weighted by Gasteiger charge is 2.18. The van der Waals surface area contributed by atoms with E-state index in [9.17, 15) is 10.1 Å². The molecule has 4 N–H and O–H groups in total. The molecule has 10 heteroatoms. The first-order valence-electron chi connectivity index (χ1n) is 7.23. The van der Waals surface area contributed by atoms with Gasteiger partial charge in [0.25, 0.3) is 5.69 Å². The van der Waals surface area contributed by atoms with Gasteiger partial charge in [-0.3, -0.25) is 14.5 Å². The van der Waals surface area contributed by atoms with E-state index in [1.54, 1.807) is 23.5 Å². The molecule has 0 aliphatic carbocycles. The van der Waals surface area contributed by atoms with Gasteiger partial charge in [-0.2, -0.15) is 5.10 Å². The standard InChI is InChI=1S/C15H15N7O2S/c1-8-9(2)25-15-19-13(10-3-5-11(6-4-10)22(23)24)12(21(8)15)7-18-20-14(16)17/h3-7H,1-2H3,(H4,16,17,20)/b18-7+. The van der Waals surface area contributed by atoms with Crippen LogP contribution in [0.15, 0.2) is 34.5 Å². The summed E-state index contributed by atoms with van der Waals surface area (Å²) in [6.07, 6.45) is 1.52. The van der Waals surface area contributed by atoms with Crippen LogP contribution < -0.4 is 11.5 Å². The first kappa shape index (κ1) is 16.6. The fraction of sp³-hybridized carbons (Fsp3) is 0.133. The first-order chi connectivity index (χ1) is 11.9. The summed E-state index contributed by atoms with van der Waals surface area (Å²) in [7, 11) is 0. The van der Waals surface area contributed by atoms with Crippen molar-refractivity contribution in [2.24, 2.45) is 21.7 Å². The summed E-state index contributed by atoms with van der Waals surface area (Å²) in [5.41, 5.74) is 13.8. The average molecular weight is 357 g/mol. The van der Waals surface area contributed by atoms with Crippen molar-refractivity contribution in [1.29, 1.82) is 0 Å². The van der Waals surface area contributed by atoms with E-state index in [2.05, 4.69) is 15.2 Å². The van der Waals surface area contributed by atoms with Gasteiger partial charge in [0.2, 0.25) is 5.96 Å². The van der Waals surface area contributed by atoms with Crippen molar-refractivity contribution in [1.82, 2.24) is 9.38 Å². The monoisotopic (exact) mass is 357 g/mol. The topological polar surface area (TPSA) is 137 Å². The van der Waals surface area contributed by atoms with Gasteiger partial charge in [0.05, 0.1) is 22.5 Å². The van der Waals surface area contributed by atoms with E-state index in [0.29, 0.717) is 11.4 Å². The van der Waals surface area contributed by atoms with Crippen LogP contribution in [-0.4, -0.2) is 26.5 Å². The smallest absolute Gasteiger partial charge is 0.269 e. The minimum atomic E-state index is -0.440. The number of hydrogen-bond acceptors (Lipinski definition) is 6. The zero-order chi connectivity index (χ0) is 18.1. The lowest BCUT2D eigenvalue weighted by Gasteiger charge is -2.01. The molecule has 0 aliphatic rings. The van der Waals surface area contributed by atoms with Gasteiger partial charge in [-0.05, 0) is 26.0 Å². The zero-order valence-corrected chi connectivity index (χ0v) is 14.3. The number of benzene rings is 1. The van der Waals surface area contributed by atoms with Crippen LogP contribution in [-0.2, 0) is 0 Å². The van der Waals surface area contributed by atoms with Gasteiger partial charge in [-0.1, -0.05) is 0 Å². The summed E-state index contributed by atoms with van der Waals surface area (Å²) in [6, 6.07) is 6.20. The molecule has 2 heterocycles. The Balaban J connectivity index is 2.18. The van der Waals surface area contributed by atoms with E-state index in [1.165, 1.54) is 18.3 Å². The van der Waals surface area contributed by atoms with Crippen molar-refractivity contribution < 1.29 is 4.92 Å². The molecule has 0 fully saturated rings. The summed E-state index contributed by atoms with van der Waals surface area (Å²) in [5, 5.41) is 18.4. The largest absolute Gasteiger partial charge is 0.369 e. The lowest BCUT2D eigenvalue weighted by molar-refractivity contribution is -0.384. The molecule has 0 atom stereocenters. The summed E-state index contributed by atoms with van der Waals surface area (Å²) in [6.45, 7) is 4.00. The summed E-state index contributed by atoms with van der Waals surface area (Å²) in [4.78, 5) is 17.0. The number of nitrogens with two attached hydrogens (primary N) is 2. The summed E-state index contributed by atoms with van der Waals surface area (Å²) >= 11 is 1.55. The molecule has 0 amide bonds. The van der Waals surface area contributed by atoms with Crippen molar-refractivity contribution >= 4 is 34.2 Å². The average Bonchev–Trinajstić information content (AvgIpc) is 3.05. The molecule has 0 radical (unpaired) electrons. The Labute approximate surface area is 146 Å². The third kappa shape index (κ3) is 3.06. The van der Waals surface area contributed by atoms with Crippen molar-refractivity contribution in [3.05, 3.63) is 50.6 Å². The van der Waals surface area contributed by atoms with Crippen LogP contribution in [0, 0.1) is 24.0 Å². The van der Waals surface area contributed by atoms with E-state index in [1.807, 2.05) is 18.2 Å². The Morgan fingerprint density at radius 2 is 2.00 bits per heavy atom. The number of thiazole rings is 1. The van der Waals surface area contributed by atoms with Crippen LogP contribution in [0.3, 0.4) is 0 Å². The van der Waals surface area contributed by atoms with Gasteiger partial charge in [0, 0.05) is 28.3 Å². The van der Waals surface area contributed by atoms with Gasteiger partial charge in [-0.25, -0.2) is 4.98 Å². The maximum Gasteiger partial charge on any atom is 0.269 e. The highest BCUT2D eigenvalue weighted by Crippen LogP contribution is 2.30. The zero-order valence-electron chi connectivity index (χ0n) is 13.5. The van der Waals surface area contributed by atoms with Crippen molar-refractivity contribution in [3.8, 4) is 11.3 Å². The van der Waals surface area contributed by atoms with Crippen LogP contribution in [0.2, 0.25) is 0 Å². The number of aromatic nitrogens is 2. The predicted molar refractivity (Wildman–Crippen MR) is 98.0 cm³/mol. The van der Waals surface area contributed by atoms with Crippen molar-refractivity contribution in [3.63, 3.8) is 0 Å². The van der Waals surface area contributed by atoms with E-state index in [-0.39, 0.29) is 11.6 Å². The van der Waals surface area contributed by atoms with Gasteiger partial charge in [0.1, 0.15) is 0 Å². The number of aryl methyl sites for hydroxylation is 2. The normalized spacial score (nSPS) is 11.3. The summed E-state index contributed by atoms with van der Waals surface area (Å²) < 4.78 is 1.96. The van der Waals surface area contributed by atoms with Gasteiger partial charge in [-0.15, -0.1) is 16.4 Å². The second kappa shape index (κ2) is 6.32. The van der Waals surface area contributed by atoms with E-state index in [4.69, 9.17) is 11.5 Å². The van der Waals surface area contributed by atoms with Crippen molar-refractivity contribution in [2.75, 3.05) is 0 Å². The van der Waals surface area contributed by atoms with E-state index in [0.717, 1.165) is 21.1 Å². The summed E-state index contributed by atoms with van der Waals surface area (Å²) in [5.74, 6) is -0.146. The highest BCUT2D eigenvalue weighted by atomic mass is 32.1. The van der Waals surface area contributed by atoms with Gasteiger partial charge < -0.3 is 11.5 Å². The van der Waals surface area contributed by atoms with Crippen LogP contribution in [0.1, 0.15) is 16.3 Å². The van der Waals surface area contributed by atoms with Crippen LogP contribution >= 0.6 is 11.3 Å². The van der Waals surface area contributed by atoms with Crippen molar-refractivity contribution in [2.45, 2.75) is 13.8 Å². The molecule has 3 rings (SSSR count). The Hall–Kier alpha value is -3.27. The number of nitrogens with zero attached hydrogens (tertiary/aromatic N) is 5. The number of non-ortho nitro benzene ring substituents is 1. The number of guanidine groups is 1. The Kier molecular flexibility index (Phi) is 4.19. The number of imidazole rings is 1. The van der Waals surface area contributed by atoms with Crippen LogP contribution in [0.5, 0.6) is 0 Å². The molecule has 0 saturated carbocycles. The van der Waals surface area contributed by atoms with E-state index >= 15 is 0 Å². The minimum Gasteiger partial charge on any atom is -0.369 e. The molecule has 0 spiro atoms. The maximum atomic E-state index is 10.8. The Morgan fingerprint density at radius 1 is 1.32 bits per heavy atom. The molecule has 0 saturated heterocycles. The molecular formula is C15H15N7O2S. The quantitative estimate of drug-likeness (QED) is 0.319. The number of nitro benzene ring substituents is 1.